The molecule has 35 heavy (non-hydrogen) atoms. The first-order valence-corrected chi connectivity index (χ1v) is 11.5. The van der Waals surface area contributed by atoms with Crippen LogP contribution in [0.25, 0.3) is 21.9 Å². The molecule has 4 rings (SSSR count). The van der Waals surface area contributed by atoms with Crippen LogP contribution in [0.15, 0.2) is 36.5 Å². The highest BCUT2D eigenvalue weighted by Gasteiger charge is 2.30. The van der Waals surface area contributed by atoms with E-state index in [1.54, 1.807) is 27.0 Å². The third-order valence-electron chi connectivity index (χ3n) is 5.40. The van der Waals surface area contributed by atoms with Crippen molar-refractivity contribution < 1.29 is 23.9 Å². The Morgan fingerprint density at radius 1 is 1.26 bits per heavy atom. The molecule has 1 saturated heterocycles. The fourth-order valence-electron chi connectivity index (χ4n) is 4.00. The molecular formula is C26H28N4O5. The Kier molecular flexibility index (Phi) is 7.03. The van der Waals surface area contributed by atoms with E-state index in [1.165, 1.54) is 0 Å². The Balaban J connectivity index is 1.44. The third-order valence-corrected chi connectivity index (χ3v) is 5.40. The second-order valence-electron chi connectivity index (χ2n) is 9.23. The van der Waals surface area contributed by atoms with Gasteiger partial charge in [-0.1, -0.05) is 11.8 Å². The van der Waals surface area contributed by atoms with E-state index in [4.69, 9.17) is 9.47 Å². The molecule has 0 saturated carbocycles. The fourth-order valence-corrected chi connectivity index (χ4v) is 4.00. The molecule has 2 aromatic heterocycles. The topological polar surface area (TPSA) is 112 Å². The minimum absolute atomic E-state index is 0.216. The molecule has 3 aromatic rings. The average molecular weight is 477 g/mol. The van der Waals surface area contributed by atoms with Crippen LogP contribution in [-0.2, 0) is 19.1 Å². The van der Waals surface area contributed by atoms with E-state index < -0.39 is 17.7 Å². The van der Waals surface area contributed by atoms with Crippen LogP contribution in [0.5, 0.6) is 0 Å². The summed E-state index contributed by atoms with van der Waals surface area (Å²) in [5.41, 5.74) is 1.83. The minimum atomic E-state index is -0.540. The zero-order valence-corrected chi connectivity index (χ0v) is 20.0. The molecule has 0 bridgehead atoms. The Labute approximate surface area is 203 Å². The number of hydrogen-bond acceptors (Lipinski definition) is 6. The molecule has 1 aliphatic rings. The normalized spacial score (nSPS) is 16.0. The summed E-state index contributed by atoms with van der Waals surface area (Å²) in [5, 5.41) is 6.91. The molecule has 0 spiro atoms. The van der Waals surface area contributed by atoms with Gasteiger partial charge in [-0.3, -0.25) is 14.9 Å². The van der Waals surface area contributed by atoms with Crippen molar-refractivity contribution in [3.63, 3.8) is 0 Å². The molecular weight excluding hydrogens is 448 g/mol. The van der Waals surface area contributed by atoms with Crippen molar-refractivity contribution in [3.05, 3.63) is 42.1 Å². The lowest BCUT2D eigenvalue weighted by molar-refractivity contribution is -0.135. The van der Waals surface area contributed by atoms with Gasteiger partial charge >= 0.3 is 6.09 Å². The number of rotatable bonds is 5. The van der Waals surface area contributed by atoms with Crippen molar-refractivity contribution in [2.45, 2.75) is 45.3 Å². The Hall–Kier alpha value is -3.90. The predicted molar refractivity (Wildman–Crippen MR) is 131 cm³/mol. The summed E-state index contributed by atoms with van der Waals surface area (Å²) in [6, 6.07) is 9.11. The van der Waals surface area contributed by atoms with Gasteiger partial charge in [0.05, 0.1) is 12.1 Å². The number of carbonyl (C=O) groups is 3. The molecule has 9 nitrogen and oxygen atoms in total. The van der Waals surface area contributed by atoms with Gasteiger partial charge in [0.1, 0.15) is 23.9 Å². The van der Waals surface area contributed by atoms with Gasteiger partial charge in [0.15, 0.2) is 0 Å². The molecule has 3 heterocycles. The molecule has 1 aliphatic heterocycles. The van der Waals surface area contributed by atoms with E-state index in [9.17, 15) is 14.4 Å². The number of imide groups is 1. The lowest BCUT2D eigenvalue weighted by atomic mass is 10.1. The van der Waals surface area contributed by atoms with Crippen LogP contribution >= 0.6 is 0 Å². The number of pyridine rings is 1. The number of alkyl carbamates (subject to hydrolysis) is 1. The largest absolute Gasteiger partial charge is 0.444 e. The van der Waals surface area contributed by atoms with Crippen molar-refractivity contribution in [2.75, 3.05) is 19.8 Å². The highest BCUT2D eigenvalue weighted by molar-refractivity contribution is 6.09. The van der Waals surface area contributed by atoms with Gasteiger partial charge in [0, 0.05) is 35.5 Å². The van der Waals surface area contributed by atoms with Crippen molar-refractivity contribution in [1.82, 2.24) is 20.2 Å². The molecule has 1 atom stereocenters. The number of nitrogens with one attached hydrogen (secondary N) is 2. The summed E-state index contributed by atoms with van der Waals surface area (Å²) in [6.07, 6.45) is 1.94. The maximum absolute atomic E-state index is 12.6. The predicted octanol–water partition coefficient (Wildman–Crippen LogP) is 3.06. The van der Waals surface area contributed by atoms with Crippen molar-refractivity contribution in [1.29, 1.82) is 0 Å². The Morgan fingerprint density at radius 2 is 2.09 bits per heavy atom. The van der Waals surface area contributed by atoms with Crippen LogP contribution in [0.4, 0.5) is 4.79 Å². The van der Waals surface area contributed by atoms with E-state index in [0.717, 1.165) is 21.9 Å². The second kappa shape index (κ2) is 10.2. The van der Waals surface area contributed by atoms with Crippen molar-refractivity contribution in [2.24, 2.45) is 0 Å². The number of hydrogen-bond donors (Lipinski definition) is 2. The summed E-state index contributed by atoms with van der Waals surface area (Å²) in [6.45, 7) is 6.28. The second-order valence-corrected chi connectivity index (χ2v) is 9.23. The van der Waals surface area contributed by atoms with Gasteiger partial charge in [0.2, 0.25) is 11.8 Å². The number of aromatic nitrogens is 2. The molecule has 3 amide bonds. The van der Waals surface area contributed by atoms with Crippen LogP contribution in [-0.4, -0.2) is 52.8 Å². The summed E-state index contributed by atoms with van der Waals surface area (Å²) in [7, 11) is 0. The quantitative estimate of drug-likeness (QED) is 0.333. The summed E-state index contributed by atoms with van der Waals surface area (Å²) >= 11 is 0. The monoisotopic (exact) mass is 476 g/mol. The number of nitrogens with zero attached hydrogens (tertiary/aromatic N) is 2. The summed E-state index contributed by atoms with van der Waals surface area (Å²) in [5.74, 6) is 5.52. The zero-order chi connectivity index (χ0) is 25.0. The van der Waals surface area contributed by atoms with E-state index >= 15 is 0 Å². The van der Waals surface area contributed by atoms with Crippen LogP contribution in [0, 0.1) is 11.8 Å². The van der Waals surface area contributed by atoms with E-state index in [2.05, 4.69) is 27.5 Å². The van der Waals surface area contributed by atoms with Crippen molar-refractivity contribution in [3.8, 4) is 11.8 Å². The average Bonchev–Trinajstić information content (AvgIpc) is 3.11. The number of fused-ring (bicyclic) bond motifs is 3. The first-order chi connectivity index (χ1) is 16.7. The highest BCUT2D eigenvalue weighted by Crippen LogP contribution is 2.33. The molecule has 0 aliphatic carbocycles. The summed E-state index contributed by atoms with van der Waals surface area (Å²) in [4.78, 5) is 40.3. The molecule has 9 heteroatoms. The van der Waals surface area contributed by atoms with Crippen LogP contribution in [0.1, 0.15) is 45.2 Å². The van der Waals surface area contributed by atoms with Gasteiger partial charge in [0.25, 0.3) is 0 Å². The maximum Gasteiger partial charge on any atom is 0.407 e. The molecule has 182 valence electrons. The molecule has 0 radical (unpaired) electrons. The fraction of sp³-hybridized carbons (Fsp3) is 0.385. The molecule has 1 unspecified atom stereocenters. The van der Waals surface area contributed by atoms with E-state index in [0.29, 0.717) is 31.6 Å². The number of benzene rings is 1. The van der Waals surface area contributed by atoms with Gasteiger partial charge in [-0.2, -0.15) is 0 Å². The summed E-state index contributed by atoms with van der Waals surface area (Å²) < 4.78 is 12.5. The molecule has 2 N–H and O–H groups in total. The lowest BCUT2D eigenvalue weighted by Gasteiger charge is -2.23. The van der Waals surface area contributed by atoms with Crippen molar-refractivity contribution >= 4 is 39.8 Å². The Morgan fingerprint density at radius 3 is 2.86 bits per heavy atom. The minimum Gasteiger partial charge on any atom is -0.444 e. The van der Waals surface area contributed by atoms with Gasteiger partial charge in [-0.15, -0.1) is 0 Å². The van der Waals surface area contributed by atoms with Crippen LogP contribution in [0.2, 0.25) is 0 Å². The Bertz CT molecular complexity index is 1340. The van der Waals surface area contributed by atoms with Crippen LogP contribution in [0.3, 0.4) is 0 Å². The van der Waals surface area contributed by atoms with E-state index in [1.807, 2.05) is 34.9 Å². The smallest absolute Gasteiger partial charge is 0.407 e. The number of piperidine rings is 1. The highest BCUT2D eigenvalue weighted by atomic mass is 16.6. The number of amides is 3. The van der Waals surface area contributed by atoms with Gasteiger partial charge < -0.3 is 19.4 Å². The first-order valence-electron chi connectivity index (χ1n) is 11.5. The number of carbonyl (C=O) groups excluding carboxylic acids is 3. The SMILES string of the molecule is CC(C)(C)OC(=O)NCCOCC#Cc1ccc2c(c1)c1cccnc1n2C1CCC(=O)NC1=O. The maximum atomic E-state index is 12.6. The third kappa shape index (κ3) is 5.78. The van der Waals surface area contributed by atoms with Gasteiger partial charge in [-0.05, 0) is 57.5 Å². The molecule has 1 fully saturated rings. The first kappa shape index (κ1) is 24.2. The lowest BCUT2D eigenvalue weighted by Crippen LogP contribution is -2.41. The zero-order valence-electron chi connectivity index (χ0n) is 20.0. The molecule has 1 aromatic carbocycles. The standard InChI is InChI=1S/C26H28N4O5/c1-26(2,3)35-25(33)28-13-15-34-14-5-6-17-8-9-20-19(16-17)18-7-4-12-27-23(18)30(20)21-10-11-22(31)29-24(21)32/h4,7-9,12,16,21H,10-11,13-15H2,1-3H3,(H,28,33)(H,29,31,32). The van der Waals surface area contributed by atoms with E-state index in [-0.39, 0.29) is 18.4 Å². The number of ether oxygens (including phenoxy) is 2. The van der Waals surface area contributed by atoms with Crippen LogP contribution < -0.4 is 10.6 Å². The van der Waals surface area contributed by atoms with Gasteiger partial charge in [-0.25, -0.2) is 9.78 Å².